The maximum absolute atomic E-state index is 4.50. The van der Waals surface area contributed by atoms with E-state index in [1.807, 2.05) is 24.3 Å². The Morgan fingerprint density at radius 1 is 1.35 bits per heavy atom. The number of pyridine rings is 1. The quantitative estimate of drug-likeness (QED) is 0.291. The van der Waals surface area contributed by atoms with Gasteiger partial charge >= 0.3 is 17.1 Å². The zero-order valence-corrected chi connectivity index (χ0v) is 16.4. The van der Waals surface area contributed by atoms with Gasteiger partial charge in [0.1, 0.15) is 0 Å². The minimum atomic E-state index is 0. The van der Waals surface area contributed by atoms with E-state index < -0.39 is 0 Å². The first-order valence-electron chi connectivity index (χ1n) is 5.26. The third-order valence-corrected chi connectivity index (χ3v) is 2.06. The van der Waals surface area contributed by atoms with Crippen LogP contribution in [0.2, 0.25) is 0 Å². The topological polar surface area (TPSA) is 25.2 Å². The van der Waals surface area contributed by atoms with Crippen molar-refractivity contribution in [3.05, 3.63) is 74.6 Å². The van der Waals surface area contributed by atoms with Crippen molar-refractivity contribution in [3.63, 3.8) is 0 Å². The van der Waals surface area contributed by atoms with E-state index in [1.165, 1.54) is 0 Å². The van der Waals surface area contributed by atoms with E-state index in [0.29, 0.717) is 0 Å². The molecule has 0 saturated carbocycles. The van der Waals surface area contributed by atoms with Crippen molar-refractivity contribution in [1.82, 2.24) is 4.98 Å². The van der Waals surface area contributed by atoms with Crippen molar-refractivity contribution >= 4 is 5.71 Å². The number of hydrogen-bond donors (Lipinski definition) is 0. The molecule has 4 heteroatoms. The van der Waals surface area contributed by atoms with Gasteiger partial charge in [0.05, 0.1) is 11.4 Å². The fourth-order valence-electron chi connectivity index (χ4n) is 1.25. The Morgan fingerprint density at radius 2 is 2.00 bits per heavy atom. The van der Waals surface area contributed by atoms with Gasteiger partial charge in [-0.15, -0.1) is 0 Å². The molecule has 1 aromatic rings. The summed E-state index contributed by atoms with van der Waals surface area (Å²) in [4.78, 5) is 8.74. The fraction of sp³-hybridized carbons (Fsp3) is 0.188. The number of allylic oxidation sites excluding steroid dienone is 4. The number of aromatic nitrogens is 1. The van der Waals surface area contributed by atoms with Gasteiger partial charge in [-0.1, -0.05) is 39.7 Å². The summed E-state index contributed by atoms with van der Waals surface area (Å²) in [6, 6.07) is 5.73. The minimum absolute atomic E-state index is 0. The van der Waals surface area contributed by atoms with Gasteiger partial charge in [-0.05, 0) is 30.7 Å². The van der Waals surface area contributed by atoms with Gasteiger partial charge < -0.3 is 7.43 Å². The molecule has 0 aliphatic carbocycles. The first-order valence-corrected chi connectivity index (χ1v) is 5.26. The van der Waals surface area contributed by atoms with Gasteiger partial charge in [0, 0.05) is 47.5 Å². The molecule has 0 N–H and O–H groups in total. The van der Waals surface area contributed by atoms with Crippen LogP contribution in [0.15, 0.2) is 66.5 Å². The van der Waals surface area contributed by atoms with E-state index in [-0.39, 0.29) is 67.5 Å². The third-order valence-electron chi connectivity index (χ3n) is 2.06. The van der Waals surface area contributed by atoms with Gasteiger partial charge in [-0.25, -0.2) is 0 Å². The fourth-order valence-corrected chi connectivity index (χ4v) is 1.25. The third kappa shape index (κ3) is 9.63. The molecule has 0 saturated heterocycles. The zero-order chi connectivity index (χ0) is 11.8. The van der Waals surface area contributed by atoms with Gasteiger partial charge in [0.15, 0.2) is 0 Å². The molecule has 0 fully saturated rings. The van der Waals surface area contributed by atoms with Crippen LogP contribution in [0, 0.1) is 43.0 Å². The van der Waals surface area contributed by atoms with Crippen LogP contribution in [0.3, 0.4) is 0 Å². The Hall–Kier alpha value is -0.246. The number of aliphatic imine (C=N–C) groups is 1. The van der Waals surface area contributed by atoms with E-state index >= 15 is 0 Å². The van der Waals surface area contributed by atoms with Crippen LogP contribution >= 0.6 is 0 Å². The summed E-state index contributed by atoms with van der Waals surface area (Å²) in [5, 5.41) is 0. The van der Waals surface area contributed by atoms with Crippen LogP contribution in [0.25, 0.3) is 0 Å². The molecule has 1 aromatic heterocycles. The second-order valence-electron chi connectivity index (χ2n) is 3.16. The Morgan fingerprint density at radius 3 is 2.40 bits per heavy atom. The molecule has 1 heterocycles. The van der Waals surface area contributed by atoms with Crippen molar-refractivity contribution in [2.24, 2.45) is 4.99 Å². The Bertz CT molecular complexity index is 425. The maximum atomic E-state index is 4.50. The molecule has 0 unspecified atom stereocenters. The standard InChI is InChI=1S/C14H16N2.CH4.CH3.La.Mn.H/c1-4-9-12(5-2)16-13(6-3)14-10-7-8-11-15-14;;;;;/h4,6-11H,1,3,5H2,2H3;1H4;1H3;;;/q;;-1;;+1;/b12-9-,16-13?;;;;;. The summed E-state index contributed by atoms with van der Waals surface area (Å²) >= 11 is 0. The van der Waals surface area contributed by atoms with E-state index in [1.54, 1.807) is 18.3 Å². The number of hydrogen-bond acceptors (Lipinski definition) is 2. The summed E-state index contributed by atoms with van der Waals surface area (Å²) in [5.74, 6) is 0. The van der Waals surface area contributed by atoms with Crippen molar-refractivity contribution < 1.29 is 52.7 Å². The van der Waals surface area contributed by atoms with Crippen molar-refractivity contribution in [1.29, 1.82) is 0 Å². The van der Waals surface area contributed by atoms with Crippen LogP contribution in [0.5, 0.6) is 0 Å². The molecule has 0 spiro atoms. The van der Waals surface area contributed by atoms with Gasteiger partial charge in [-0.3, -0.25) is 9.98 Å². The number of rotatable bonds is 5. The van der Waals surface area contributed by atoms with E-state index in [4.69, 9.17) is 0 Å². The Labute approximate surface area is 162 Å². The second kappa shape index (κ2) is 16.8. The molecule has 0 bridgehead atoms. The molecule has 0 aliphatic rings. The monoisotopic (exact) mass is 438 g/mol. The number of nitrogens with zero attached hydrogens (tertiary/aromatic N) is 2. The molecule has 20 heavy (non-hydrogen) atoms. The van der Waals surface area contributed by atoms with Crippen molar-refractivity contribution in [2.45, 2.75) is 20.8 Å². The molecular weight excluding hydrogens is 414 g/mol. The molecule has 108 valence electrons. The molecular formula is C16H24LaMnN2. The summed E-state index contributed by atoms with van der Waals surface area (Å²) < 4.78 is 0. The van der Waals surface area contributed by atoms with E-state index in [9.17, 15) is 0 Å². The predicted octanol–water partition coefficient (Wildman–Crippen LogP) is 4.35. The average molecular weight is 438 g/mol. The van der Waals surface area contributed by atoms with Crippen LogP contribution in [-0.2, 0) is 17.1 Å². The summed E-state index contributed by atoms with van der Waals surface area (Å²) in [5.41, 5.74) is 2.59. The van der Waals surface area contributed by atoms with Crippen molar-refractivity contribution in [3.8, 4) is 0 Å². The second-order valence-corrected chi connectivity index (χ2v) is 3.16. The Kier molecular flexibility index (Phi) is 23.5. The van der Waals surface area contributed by atoms with Gasteiger partial charge in [-0.2, -0.15) is 0 Å². The molecule has 2 nitrogen and oxygen atoms in total. The normalized spacial score (nSPS) is 9.85. The average Bonchev–Trinajstić information content (AvgIpc) is 2.35. The first kappa shape index (κ1) is 28.0. The predicted molar refractivity (Wildman–Crippen MR) is 84.1 cm³/mol. The van der Waals surface area contributed by atoms with Crippen LogP contribution in [0.1, 0.15) is 26.5 Å². The molecule has 0 aromatic carbocycles. The van der Waals surface area contributed by atoms with E-state index in [2.05, 4.69) is 30.1 Å². The first-order chi connectivity index (χ1) is 7.81. The van der Waals surface area contributed by atoms with Gasteiger partial charge in [0.25, 0.3) is 0 Å². The van der Waals surface area contributed by atoms with Gasteiger partial charge in [0.2, 0.25) is 0 Å². The summed E-state index contributed by atoms with van der Waals surface area (Å²) in [6.07, 6.45) is 7.95. The van der Waals surface area contributed by atoms with Crippen LogP contribution in [0.4, 0.5) is 0 Å². The molecule has 1 radical (unpaired) electrons. The van der Waals surface area contributed by atoms with E-state index in [0.717, 1.165) is 23.5 Å². The molecule has 0 atom stereocenters. The SMILES string of the molecule is C.C=C/C=C(/CC)N=C(C=C)c1ccccn1.[CH3-].[La].[MnH+]. The van der Waals surface area contributed by atoms with Crippen LogP contribution in [-0.4, -0.2) is 10.7 Å². The molecule has 0 amide bonds. The van der Waals surface area contributed by atoms with Crippen LogP contribution < -0.4 is 0 Å². The zero-order valence-electron chi connectivity index (χ0n) is 11.5. The molecule has 1 rings (SSSR count). The van der Waals surface area contributed by atoms with Crippen molar-refractivity contribution in [2.75, 3.05) is 0 Å². The summed E-state index contributed by atoms with van der Waals surface area (Å²) in [7, 11) is 0. The molecule has 0 aliphatic heterocycles. The Balaban J connectivity index is -0.000000320. The summed E-state index contributed by atoms with van der Waals surface area (Å²) in [6.45, 7) is 9.48.